The van der Waals surface area contributed by atoms with E-state index in [0.717, 1.165) is 19.4 Å². The quantitative estimate of drug-likeness (QED) is 0.874. The number of aromatic nitrogens is 2. The zero-order valence-corrected chi connectivity index (χ0v) is 10.8. The summed E-state index contributed by atoms with van der Waals surface area (Å²) in [5.41, 5.74) is 0. The van der Waals surface area contributed by atoms with Crippen LogP contribution >= 0.6 is 0 Å². The van der Waals surface area contributed by atoms with Gasteiger partial charge in [0.1, 0.15) is 0 Å². The highest BCUT2D eigenvalue weighted by atomic mass is 16.5. The van der Waals surface area contributed by atoms with Gasteiger partial charge in [0.2, 0.25) is 11.8 Å². The van der Waals surface area contributed by atoms with Crippen LogP contribution in [0.5, 0.6) is 5.88 Å². The average Bonchev–Trinajstić information content (AvgIpc) is 3.17. The fourth-order valence-electron chi connectivity index (χ4n) is 2.85. The summed E-state index contributed by atoms with van der Waals surface area (Å²) in [5.74, 6) is 0.856. The van der Waals surface area contributed by atoms with Crippen LogP contribution in [0.25, 0.3) is 0 Å². The summed E-state index contributed by atoms with van der Waals surface area (Å²) < 4.78 is 5.08. The molecule has 1 saturated carbocycles. The molecule has 3 rings (SSSR count). The maximum absolute atomic E-state index is 11.4. The number of nitrogens with zero attached hydrogens (tertiary/aromatic N) is 3. The third-order valence-corrected chi connectivity index (χ3v) is 4.02. The highest BCUT2D eigenvalue weighted by Gasteiger charge is 2.46. The number of anilines is 1. The Bertz CT molecular complexity index is 490. The van der Waals surface area contributed by atoms with Crippen LogP contribution in [0.2, 0.25) is 0 Å². The van der Waals surface area contributed by atoms with Gasteiger partial charge in [-0.2, -0.15) is 4.98 Å². The molecule has 0 aromatic carbocycles. The Kier molecular flexibility index (Phi) is 3.00. The molecule has 1 aliphatic heterocycles. The van der Waals surface area contributed by atoms with Gasteiger partial charge in [-0.3, -0.25) is 4.79 Å². The zero-order valence-electron chi connectivity index (χ0n) is 10.8. The maximum Gasteiger partial charge on any atom is 0.308 e. The van der Waals surface area contributed by atoms with Crippen LogP contribution in [0.3, 0.4) is 0 Å². The van der Waals surface area contributed by atoms with Crippen LogP contribution in [0.4, 0.5) is 5.95 Å². The SMILES string of the molecule is COc1ccnc(N2C[C@H](C(=O)O)[C@@H](C3CC3)C2)n1. The molecule has 2 fully saturated rings. The Morgan fingerprint density at radius 2 is 2.26 bits per heavy atom. The van der Waals surface area contributed by atoms with Crippen LogP contribution in [-0.2, 0) is 4.79 Å². The number of methoxy groups -OCH3 is 1. The molecule has 1 N–H and O–H groups in total. The van der Waals surface area contributed by atoms with Crippen LogP contribution in [0.15, 0.2) is 12.3 Å². The summed E-state index contributed by atoms with van der Waals surface area (Å²) in [6.45, 7) is 1.22. The Morgan fingerprint density at radius 3 is 2.89 bits per heavy atom. The van der Waals surface area contributed by atoms with Gasteiger partial charge in [0, 0.05) is 25.4 Å². The number of hydrogen-bond donors (Lipinski definition) is 1. The van der Waals surface area contributed by atoms with Crippen LogP contribution in [0.1, 0.15) is 12.8 Å². The lowest BCUT2D eigenvalue weighted by atomic mass is 9.92. The average molecular weight is 263 g/mol. The molecular formula is C13H17N3O3. The van der Waals surface area contributed by atoms with Crippen molar-refractivity contribution < 1.29 is 14.6 Å². The van der Waals surface area contributed by atoms with E-state index < -0.39 is 5.97 Å². The maximum atomic E-state index is 11.4. The molecule has 2 aliphatic rings. The zero-order chi connectivity index (χ0) is 13.4. The van der Waals surface area contributed by atoms with Gasteiger partial charge in [-0.05, 0) is 24.7 Å². The Hall–Kier alpha value is -1.85. The topological polar surface area (TPSA) is 75.5 Å². The lowest BCUT2D eigenvalue weighted by Crippen LogP contribution is -2.24. The third-order valence-electron chi connectivity index (χ3n) is 4.02. The molecule has 1 aromatic rings. The normalized spacial score (nSPS) is 26.5. The van der Waals surface area contributed by atoms with E-state index in [1.54, 1.807) is 19.4 Å². The minimum absolute atomic E-state index is 0.229. The van der Waals surface area contributed by atoms with Crippen molar-refractivity contribution in [2.24, 2.45) is 17.8 Å². The predicted molar refractivity (Wildman–Crippen MR) is 68.1 cm³/mol. The van der Waals surface area contributed by atoms with E-state index in [-0.39, 0.29) is 11.8 Å². The van der Waals surface area contributed by atoms with Gasteiger partial charge >= 0.3 is 5.97 Å². The smallest absolute Gasteiger partial charge is 0.308 e. The Morgan fingerprint density at radius 1 is 1.47 bits per heavy atom. The van der Waals surface area contributed by atoms with E-state index in [9.17, 15) is 9.90 Å². The summed E-state index contributed by atoms with van der Waals surface area (Å²) in [6.07, 6.45) is 3.95. The van der Waals surface area contributed by atoms with E-state index >= 15 is 0 Å². The molecule has 0 spiro atoms. The van der Waals surface area contributed by atoms with Gasteiger partial charge < -0.3 is 14.7 Å². The minimum Gasteiger partial charge on any atom is -0.481 e. The molecule has 19 heavy (non-hydrogen) atoms. The van der Waals surface area contributed by atoms with Crippen molar-refractivity contribution in [3.05, 3.63) is 12.3 Å². The van der Waals surface area contributed by atoms with Gasteiger partial charge in [-0.15, -0.1) is 0 Å². The number of carboxylic acids is 1. The fourth-order valence-corrected chi connectivity index (χ4v) is 2.85. The summed E-state index contributed by atoms with van der Waals surface area (Å²) in [7, 11) is 1.56. The Labute approximate surface area is 111 Å². The van der Waals surface area contributed by atoms with Crippen molar-refractivity contribution in [1.29, 1.82) is 0 Å². The van der Waals surface area contributed by atoms with Crippen LogP contribution in [-0.4, -0.2) is 41.2 Å². The van der Waals surface area contributed by atoms with E-state index in [1.165, 1.54) is 0 Å². The highest BCUT2D eigenvalue weighted by Crippen LogP contribution is 2.44. The van der Waals surface area contributed by atoms with Crippen molar-refractivity contribution in [2.75, 3.05) is 25.1 Å². The molecule has 0 radical (unpaired) electrons. The Balaban J connectivity index is 1.80. The number of carboxylic acid groups (broad SMARTS) is 1. The minimum atomic E-state index is -0.706. The molecule has 2 heterocycles. The molecule has 0 unspecified atom stereocenters. The molecule has 2 atom stereocenters. The first-order valence-corrected chi connectivity index (χ1v) is 6.54. The second-order valence-electron chi connectivity index (χ2n) is 5.25. The van der Waals surface area contributed by atoms with E-state index in [0.29, 0.717) is 24.3 Å². The monoisotopic (exact) mass is 263 g/mol. The molecule has 6 nitrogen and oxygen atoms in total. The van der Waals surface area contributed by atoms with Gasteiger partial charge in [-0.25, -0.2) is 4.98 Å². The van der Waals surface area contributed by atoms with Crippen molar-refractivity contribution in [3.63, 3.8) is 0 Å². The standard InChI is InChI=1S/C13H17N3O3/c1-19-11-4-5-14-13(15-11)16-6-9(8-2-3-8)10(7-16)12(17)18/h4-5,8-10H,2-3,6-7H2,1H3,(H,17,18)/t9-,10+/m1/s1. The van der Waals surface area contributed by atoms with E-state index in [2.05, 4.69) is 9.97 Å². The highest BCUT2D eigenvalue weighted by molar-refractivity contribution is 5.72. The fraction of sp³-hybridized carbons (Fsp3) is 0.615. The van der Waals surface area contributed by atoms with Crippen molar-refractivity contribution in [1.82, 2.24) is 9.97 Å². The molecule has 102 valence electrons. The summed E-state index contributed by atoms with van der Waals surface area (Å²) in [5, 5.41) is 9.33. The third kappa shape index (κ3) is 2.34. The number of hydrogen-bond acceptors (Lipinski definition) is 5. The van der Waals surface area contributed by atoms with Crippen LogP contribution in [0, 0.1) is 17.8 Å². The van der Waals surface area contributed by atoms with Crippen molar-refractivity contribution >= 4 is 11.9 Å². The second-order valence-corrected chi connectivity index (χ2v) is 5.25. The first kappa shape index (κ1) is 12.2. The molecule has 1 aromatic heterocycles. The van der Waals surface area contributed by atoms with Crippen molar-refractivity contribution in [2.45, 2.75) is 12.8 Å². The van der Waals surface area contributed by atoms with E-state index in [1.807, 2.05) is 4.90 Å². The van der Waals surface area contributed by atoms with E-state index in [4.69, 9.17) is 4.74 Å². The molecule has 0 bridgehead atoms. The van der Waals surface area contributed by atoms with Gasteiger partial charge in [0.25, 0.3) is 0 Å². The lowest BCUT2D eigenvalue weighted by Gasteiger charge is -2.16. The van der Waals surface area contributed by atoms with Crippen LogP contribution < -0.4 is 9.64 Å². The molecule has 0 amide bonds. The van der Waals surface area contributed by atoms with Gasteiger partial charge in [0.15, 0.2) is 0 Å². The molecule has 1 saturated heterocycles. The first-order chi connectivity index (χ1) is 9.19. The number of rotatable bonds is 4. The van der Waals surface area contributed by atoms with Gasteiger partial charge in [0.05, 0.1) is 13.0 Å². The lowest BCUT2D eigenvalue weighted by molar-refractivity contribution is -0.142. The summed E-state index contributed by atoms with van der Waals surface area (Å²) in [4.78, 5) is 21.8. The summed E-state index contributed by atoms with van der Waals surface area (Å²) >= 11 is 0. The molecule has 6 heteroatoms. The summed E-state index contributed by atoms with van der Waals surface area (Å²) in [6, 6.07) is 1.69. The first-order valence-electron chi connectivity index (χ1n) is 6.54. The van der Waals surface area contributed by atoms with Crippen molar-refractivity contribution in [3.8, 4) is 5.88 Å². The second kappa shape index (κ2) is 4.68. The largest absolute Gasteiger partial charge is 0.481 e. The number of carbonyl (C=O) groups is 1. The number of aliphatic carboxylic acids is 1. The number of ether oxygens (including phenoxy) is 1. The predicted octanol–water partition coefficient (Wildman–Crippen LogP) is 1.03. The molecular weight excluding hydrogens is 246 g/mol. The molecule has 1 aliphatic carbocycles. The van der Waals surface area contributed by atoms with Gasteiger partial charge in [-0.1, -0.05) is 0 Å².